The highest BCUT2D eigenvalue weighted by Crippen LogP contribution is 2.59. The lowest BCUT2D eigenvalue weighted by Crippen LogP contribution is -2.34. The first-order valence-corrected chi connectivity index (χ1v) is 8.00. The molecule has 0 amide bonds. The number of rotatable bonds is 0. The predicted molar refractivity (Wildman–Crippen MR) is 82.6 cm³/mol. The fourth-order valence-electron chi connectivity index (χ4n) is 4.91. The molecule has 0 saturated heterocycles. The minimum absolute atomic E-state index is 0.0722. The van der Waals surface area contributed by atoms with E-state index >= 15 is 0 Å². The van der Waals surface area contributed by atoms with Crippen molar-refractivity contribution in [1.82, 2.24) is 0 Å². The van der Waals surface area contributed by atoms with E-state index in [2.05, 4.69) is 26.0 Å². The monoisotopic (exact) mass is 282 g/mol. The molecule has 2 nitrogen and oxygen atoms in total. The fraction of sp³-hybridized carbons (Fsp3) is 0.526. The van der Waals surface area contributed by atoms with Crippen LogP contribution in [0.25, 0.3) is 0 Å². The quantitative estimate of drug-likeness (QED) is 0.736. The SMILES string of the molecule is C[C@]12CCC3=C(CCC4=CC(=O)C=C[C@]43C)C1=C[C@@H](O)C2. The molecule has 0 saturated carbocycles. The molecule has 0 bridgehead atoms. The molecule has 0 aromatic heterocycles. The maximum atomic E-state index is 11.7. The van der Waals surface area contributed by atoms with Crippen LogP contribution in [0.5, 0.6) is 0 Å². The largest absolute Gasteiger partial charge is 0.389 e. The van der Waals surface area contributed by atoms with Crippen LogP contribution in [-0.2, 0) is 4.79 Å². The summed E-state index contributed by atoms with van der Waals surface area (Å²) >= 11 is 0. The van der Waals surface area contributed by atoms with E-state index in [1.54, 1.807) is 6.08 Å². The Morgan fingerprint density at radius 3 is 2.86 bits per heavy atom. The van der Waals surface area contributed by atoms with Gasteiger partial charge in [-0.25, -0.2) is 0 Å². The Labute approximate surface area is 125 Å². The number of carbonyl (C=O) groups is 1. The van der Waals surface area contributed by atoms with Gasteiger partial charge in [-0.3, -0.25) is 4.79 Å². The molecule has 0 aromatic carbocycles. The minimum Gasteiger partial charge on any atom is -0.389 e. The van der Waals surface area contributed by atoms with Gasteiger partial charge in [0.1, 0.15) is 0 Å². The number of hydrogen-bond acceptors (Lipinski definition) is 2. The number of aliphatic hydroxyl groups excluding tert-OH is 1. The molecule has 0 unspecified atom stereocenters. The molecule has 0 heterocycles. The summed E-state index contributed by atoms with van der Waals surface area (Å²) < 4.78 is 0. The van der Waals surface area contributed by atoms with E-state index < -0.39 is 0 Å². The first kappa shape index (κ1) is 13.3. The lowest BCUT2D eigenvalue weighted by Gasteiger charge is -2.46. The number of carbonyl (C=O) groups excluding carboxylic acids is 1. The van der Waals surface area contributed by atoms with Gasteiger partial charge in [0.25, 0.3) is 0 Å². The third-order valence-electron chi connectivity index (χ3n) is 6.12. The molecule has 0 aliphatic heterocycles. The zero-order valence-corrected chi connectivity index (χ0v) is 12.8. The number of hydrogen-bond donors (Lipinski definition) is 1. The van der Waals surface area contributed by atoms with Crippen LogP contribution in [-0.4, -0.2) is 17.0 Å². The second-order valence-electron chi connectivity index (χ2n) is 7.48. The molecule has 0 aromatic rings. The van der Waals surface area contributed by atoms with Crippen LogP contribution < -0.4 is 0 Å². The van der Waals surface area contributed by atoms with E-state index in [0.29, 0.717) is 0 Å². The maximum Gasteiger partial charge on any atom is 0.178 e. The average molecular weight is 282 g/mol. The van der Waals surface area contributed by atoms with Crippen LogP contribution in [0.4, 0.5) is 0 Å². The van der Waals surface area contributed by atoms with Crippen LogP contribution >= 0.6 is 0 Å². The van der Waals surface area contributed by atoms with E-state index in [4.69, 9.17) is 0 Å². The van der Waals surface area contributed by atoms with E-state index in [1.165, 1.54) is 22.3 Å². The molecule has 3 atom stereocenters. The molecule has 2 heteroatoms. The molecular weight excluding hydrogens is 260 g/mol. The molecule has 0 radical (unpaired) electrons. The van der Waals surface area contributed by atoms with Gasteiger partial charge in [-0.2, -0.15) is 0 Å². The predicted octanol–water partition coefficient (Wildman–Crippen LogP) is 3.64. The van der Waals surface area contributed by atoms with Crippen molar-refractivity contribution in [3.63, 3.8) is 0 Å². The number of aliphatic hydroxyl groups is 1. The third-order valence-corrected chi connectivity index (χ3v) is 6.12. The van der Waals surface area contributed by atoms with Crippen molar-refractivity contribution in [3.05, 3.63) is 46.6 Å². The first-order chi connectivity index (χ1) is 9.92. The Hall–Kier alpha value is -1.41. The van der Waals surface area contributed by atoms with E-state index in [1.807, 2.05) is 6.08 Å². The van der Waals surface area contributed by atoms with Crippen molar-refractivity contribution in [2.75, 3.05) is 0 Å². The number of allylic oxidation sites excluding steroid dienone is 7. The Balaban J connectivity index is 1.87. The molecule has 1 N–H and O–H groups in total. The van der Waals surface area contributed by atoms with Gasteiger partial charge in [0, 0.05) is 5.41 Å². The van der Waals surface area contributed by atoms with Crippen LogP contribution in [0.2, 0.25) is 0 Å². The van der Waals surface area contributed by atoms with Crippen LogP contribution in [0.15, 0.2) is 46.6 Å². The average Bonchev–Trinajstić information content (AvgIpc) is 2.74. The van der Waals surface area contributed by atoms with Crippen molar-refractivity contribution in [2.24, 2.45) is 10.8 Å². The van der Waals surface area contributed by atoms with Gasteiger partial charge in [-0.15, -0.1) is 0 Å². The van der Waals surface area contributed by atoms with Gasteiger partial charge in [-0.1, -0.05) is 30.2 Å². The molecular formula is C19H22O2. The zero-order chi connectivity index (χ0) is 14.8. The zero-order valence-electron chi connectivity index (χ0n) is 12.8. The Kier molecular flexibility index (Phi) is 2.57. The van der Waals surface area contributed by atoms with Gasteiger partial charge in [0.2, 0.25) is 0 Å². The summed E-state index contributed by atoms with van der Waals surface area (Å²) in [5.74, 6) is 0.127. The number of ketones is 1. The summed E-state index contributed by atoms with van der Waals surface area (Å²) in [6.45, 7) is 4.55. The van der Waals surface area contributed by atoms with E-state index in [9.17, 15) is 9.90 Å². The fourth-order valence-corrected chi connectivity index (χ4v) is 4.91. The van der Waals surface area contributed by atoms with E-state index in [0.717, 1.165) is 32.1 Å². The summed E-state index contributed by atoms with van der Waals surface area (Å²) in [5, 5.41) is 10.1. The molecule has 0 spiro atoms. The second kappa shape index (κ2) is 4.07. The van der Waals surface area contributed by atoms with Gasteiger partial charge in [0.15, 0.2) is 5.78 Å². The van der Waals surface area contributed by atoms with Crippen molar-refractivity contribution in [3.8, 4) is 0 Å². The van der Waals surface area contributed by atoms with Crippen LogP contribution in [0.1, 0.15) is 46.0 Å². The topological polar surface area (TPSA) is 37.3 Å². The molecule has 4 rings (SSSR count). The van der Waals surface area contributed by atoms with Crippen molar-refractivity contribution in [1.29, 1.82) is 0 Å². The first-order valence-electron chi connectivity index (χ1n) is 8.00. The summed E-state index contributed by atoms with van der Waals surface area (Å²) in [5.41, 5.74) is 5.71. The van der Waals surface area contributed by atoms with Crippen LogP contribution in [0, 0.1) is 10.8 Å². The Bertz CT molecular complexity index is 661. The molecule has 0 fully saturated rings. The highest BCUT2D eigenvalue weighted by Gasteiger charge is 2.47. The molecule has 110 valence electrons. The molecule has 21 heavy (non-hydrogen) atoms. The summed E-state index contributed by atoms with van der Waals surface area (Å²) in [4.78, 5) is 11.7. The normalized spacial score (nSPS) is 41.3. The number of fused-ring (bicyclic) bond motifs is 4. The van der Waals surface area contributed by atoms with Gasteiger partial charge >= 0.3 is 0 Å². The van der Waals surface area contributed by atoms with Crippen molar-refractivity contribution < 1.29 is 9.90 Å². The summed E-state index contributed by atoms with van der Waals surface area (Å²) in [6.07, 6.45) is 12.5. The molecule has 4 aliphatic rings. The molecule has 4 aliphatic carbocycles. The lowest BCUT2D eigenvalue weighted by atomic mass is 9.57. The third kappa shape index (κ3) is 1.72. The smallest absolute Gasteiger partial charge is 0.178 e. The van der Waals surface area contributed by atoms with E-state index in [-0.39, 0.29) is 22.7 Å². The summed E-state index contributed by atoms with van der Waals surface area (Å²) in [7, 11) is 0. The van der Waals surface area contributed by atoms with Gasteiger partial charge in [0.05, 0.1) is 6.10 Å². The van der Waals surface area contributed by atoms with Gasteiger partial charge < -0.3 is 5.11 Å². The Morgan fingerprint density at radius 2 is 2.05 bits per heavy atom. The standard InChI is InChI=1S/C19H22O2/c1-18-7-6-16-15(17(18)10-14(21)11-18)4-3-12-9-13(20)5-8-19(12,16)2/h5,8-10,14,21H,3-4,6-7,11H2,1-2H3/t14-,18-,19-/m1/s1. The highest BCUT2D eigenvalue weighted by molar-refractivity contribution is 6.01. The summed E-state index contributed by atoms with van der Waals surface area (Å²) in [6, 6.07) is 0. The lowest BCUT2D eigenvalue weighted by molar-refractivity contribution is -0.110. The second-order valence-corrected chi connectivity index (χ2v) is 7.48. The maximum absolute atomic E-state index is 11.7. The minimum atomic E-state index is -0.287. The van der Waals surface area contributed by atoms with Crippen molar-refractivity contribution in [2.45, 2.75) is 52.1 Å². The van der Waals surface area contributed by atoms with Gasteiger partial charge in [-0.05, 0) is 67.7 Å². The van der Waals surface area contributed by atoms with Crippen LogP contribution in [0.3, 0.4) is 0 Å². The highest BCUT2D eigenvalue weighted by atomic mass is 16.3. The van der Waals surface area contributed by atoms with Crippen molar-refractivity contribution >= 4 is 5.78 Å². The Morgan fingerprint density at radius 1 is 1.24 bits per heavy atom.